The summed E-state index contributed by atoms with van der Waals surface area (Å²) in [5.41, 5.74) is 1.59. The van der Waals surface area contributed by atoms with Gasteiger partial charge in [0.1, 0.15) is 24.7 Å². The first-order chi connectivity index (χ1) is 20.7. The summed E-state index contributed by atoms with van der Waals surface area (Å²) in [5, 5.41) is 26.3. The van der Waals surface area contributed by atoms with Gasteiger partial charge >= 0.3 is 6.03 Å². The van der Waals surface area contributed by atoms with Crippen molar-refractivity contribution in [1.82, 2.24) is 30.0 Å². The molecule has 0 bridgehead atoms. The van der Waals surface area contributed by atoms with Crippen molar-refractivity contribution >= 4 is 29.2 Å². The average Bonchev–Trinajstić information content (AvgIpc) is 3.68. The fourth-order valence-corrected chi connectivity index (χ4v) is 4.87. The average molecular weight is 595 g/mol. The summed E-state index contributed by atoms with van der Waals surface area (Å²) in [6.07, 6.45) is 0.822. The third-order valence-electron chi connectivity index (χ3n) is 7.32. The summed E-state index contributed by atoms with van der Waals surface area (Å²) in [4.78, 5) is 42.2. The van der Waals surface area contributed by atoms with Crippen molar-refractivity contribution in [3.63, 3.8) is 0 Å². The number of nitrogens with zero attached hydrogens (tertiary/aromatic N) is 6. The third kappa shape index (κ3) is 7.12. The first kappa shape index (κ1) is 29.6. The molecule has 43 heavy (non-hydrogen) atoms. The standard InChI is InChI=1S/C28H34N8O7/c1-17-11-36(18(2)14-37)27(39)9-19-8-20(30-26(38)13-35-15-29-32-33-35)4-6-22(19)43-25(17)12-34(3)28(40)31-21-5-7-23-24(10-21)42-16-41-23/h4-8,10,15,17-18,25,37H,9,11-14,16H2,1-3H3,(H,30,38)(H,31,40)/t17-,18+,25+/m1/s1. The maximum Gasteiger partial charge on any atom is 0.321 e. The van der Waals surface area contributed by atoms with Gasteiger partial charge in [-0.2, -0.15) is 0 Å². The van der Waals surface area contributed by atoms with E-state index in [1.54, 1.807) is 55.3 Å². The number of carbonyl (C=O) groups excluding carboxylic acids is 3. The van der Waals surface area contributed by atoms with Crippen molar-refractivity contribution in [2.24, 2.45) is 5.92 Å². The summed E-state index contributed by atoms with van der Waals surface area (Å²) in [7, 11) is 1.66. The van der Waals surface area contributed by atoms with Gasteiger partial charge in [-0.25, -0.2) is 9.48 Å². The largest absolute Gasteiger partial charge is 0.488 e. The Balaban J connectivity index is 1.34. The number of aliphatic hydroxyl groups is 1. The Labute approximate surface area is 247 Å². The maximum absolute atomic E-state index is 13.4. The number of aliphatic hydroxyl groups excluding tert-OH is 1. The van der Waals surface area contributed by atoms with Gasteiger partial charge in [0.05, 0.1) is 25.6 Å². The summed E-state index contributed by atoms with van der Waals surface area (Å²) in [6, 6.07) is 9.45. The number of anilines is 2. The number of amides is 4. The molecule has 1 aromatic heterocycles. The highest BCUT2D eigenvalue weighted by molar-refractivity contribution is 5.91. The van der Waals surface area contributed by atoms with Gasteiger partial charge in [0.25, 0.3) is 0 Å². The molecule has 3 N–H and O–H groups in total. The normalized spacial score (nSPS) is 18.4. The number of hydrogen-bond donors (Lipinski definition) is 3. The molecule has 2 aromatic carbocycles. The number of fused-ring (bicyclic) bond motifs is 2. The Morgan fingerprint density at radius 1 is 1.12 bits per heavy atom. The van der Waals surface area contributed by atoms with Crippen molar-refractivity contribution < 1.29 is 33.7 Å². The van der Waals surface area contributed by atoms with E-state index >= 15 is 0 Å². The van der Waals surface area contributed by atoms with Crippen LogP contribution in [0.2, 0.25) is 0 Å². The van der Waals surface area contributed by atoms with Crippen LogP contribution in [0.3, 0.4) is 0 Å². The number of aromatic nitrogens is 4. The predicted molar refractivity (Wildman–Crippen MR) is 153 cm³/mol. The van der Waals surface area contributed by atoms with Crippen LogP contribution in [0.25, 0.3) is 0 Å². The highest BCUT2D eigenvalue weighted by atomic mass is 16.7. The van der Waals surface area contributed by atoms with Crippen LogP contribution >= 0.6 is 0 Å². The molecule has 0 unspecified atom stereocenters. The number of hydrogen-bond acceptors (Lipinski definition) is 10. The number of likely N-dealkylation sites (N-methyl/N-ethyl adjacent to an activating group) is 1. The second-order valence-corrected chi connectivity index (χ2v) is 10.6. The van der Waals surface area contributed by atoms with Crippen molar-refractivity contribution in [2.75, 3.05) is 44.2 Å². The van der Waals surface area contributed by atoms with E-state index < -0.39 is 12.1 Å². The number of benzene rings is 2. The van der Waals surface area contributed by atoms with E-state index in [0.717, 1.165) is 0 Å². The lowest BCUT2D eigenvalue weighted by atomic mass is 10.0. The van der Waals surface area contributed by atoms with Gasteiger partial charge in [0.15, 0.2) is 11.5 Å². The molecule has 15 heteroatoms. The van der Waals surface area contributed by atoms with E-state index in [2.05, 4.69) is 26.2 Å². The van der Waals surface area contributed by atoms with E-state index in [1.807, 2.05) is 6.92 Å². The van der Waals surface area contributed by atoms with Crippen molar-refractivity contribution in [2.45, 2.75) is 39.0 Å². The molecule has 3 aromatic rings. The Kier molecular flexibility index (Phi) is 8.90. The number of rotatable bonds is 8. The number of tetrazole rings is 1. The minimum absolute atomic E-state index is 0.00371. The molecule has 2 aliphatic rings. The molecule has 0 spiro atoms. The fourth-order valence-electron chi connectivity index (χ4n) is 4.87. The molecule has 0 saturated heterocycles. The van der Waals surface area contributed by atoms with E-state index in [9.17, 15) is 19.5 Å². The number of carbonyl (C=O) groups is 3. The lowest BCUT2D eigenvalue weighted by Crippen LogP contribution is -2.48. The lowest BCUT2D eigenvalue weighted by Gasteiger charge is -2.34. The van der Waals surface area contributed by atoms with Crippen LogP contribution in [0.1, 0.15) is 19.4 Å². The molecule has 3 heterocycles. The monoisotopic (exact) mass is 594 g/mol. The van der Waals surface area contributed by atoms with E-state index in [1.165, 1.54) is 15.9 Å². The van der Waals surface area contributed by atoms with Crippen LogP contribution in [-0.2, 0) is 22.6 Å². The highest BCUT2D eigenvalue weighted by Crippen LogP contribution is 2.34. The molecular formula is C28H34N8O7. The van der Waals surface area contributed by atoms with Crippen LogP contribution < -0.4 is 24.8 Å². The van der Waals surface area contributed by atoms with Gasteiger partial charge in [-0.3, -0.25) is 9.59 Å². The van der Waals surface area contributed by atoms with E-state index in [-0.39, 0.29) is 56.7 Å². The van der Waals surface area contributed by atoms with Gasteiger partial charge < -0.3 is 39.8 Å². The minimum Gasteiger partial charge on any atom is -0.488 e. The molecule has 0 aliphatic carbocycles. The Morgan fingerprint density at radius 3 is 2.60 bits per heavy atom. The maximum atomic E-state index is 13.4. The van der Waals surface area contributed by atoms with Gasteiger partial charge in [-0.1, -0.05) is 6.92 Å². The van der Waals surface area contributed by atoms with E-state index in [4.69, 9.17) is 14.2 Å². The molecule has 2 aliphatic heterocycles. The van der Waals surface area contributed by atoms with Gasteiger partial charge in [0.2, 0.25) is 18.6 Å². The van der Waals surface area contributed by atoms with Gasteiger partial charge in [-0.05, 0) is 47.7 Å². The van der Waals surface area contributed by atoms with Crippen molar-refractivity contribution in [1.29, 1.82) is 0 Å². The zero-order chi connectivity index (χ0) is 30.5. The SMILES string of the molecule is C[C@@H]1CN([C@@H](C)CO)C(=O)Cc2cc(NC(=O)Cn3cnnn3)ccc2O[C@H]1CN(C)C(=O)Nc1ccc2c(c1)OCO2. The molecule has 4 amide bonds. The predicted octanol–water partition coefficient (Wildman–Crippen LogP) is 1.35. The summed E-state index contributed by atoms with van der Waals surface area (Å²) < 4.78 is 18.5. The first-order valence-corrected chi connectivity index (χ1v) is 13.8. The molecule has 0 fully saturated rings. The Bertz CT molecular complexity index is 1470. The van der Waals surface area contributed by atoms with Gasteiger partial charge in [-0.15, -0.1) is 5.10 Å². The quantitative estimate of drug-likeness (QED) is 0.346. The second kappa shape index (κ2) is 12.9. The van der Waals surface area contributed by atoms with Crippen LogP contribution in [0.5, 0.6) is 17.2 Å². The number of nitrogens with one attached hydrogen (secondary N) is 2. The topological polar surface area (TPSA) is 173 Å². The molecule has 0 saturated carbocycles. The number of ether oxygens (including phenoxy) is 3. The Hall–Kier alpha value is -4.92. The third-order valence-corrected chi connectivity index (χ3v) is 7.32. The van der Waals surface area contributed by atoms with E-state index in [0.29, 0.717) is 40.7 Å². The lowest BCUT2D eigenvalue weighted by molar-refractivity contribution is -0.134. The fraction of sp³-hybridized carbons (Fsp3) is 0.429. The summed E-state index contributed by atoms with van der Waals surface area (Å²) in [5.74, 6) is 0.889. The highest BCUT2D eigenvalue weighted by Gasteiger charge is 2.32. The first-order valence-electron chi connectivity index (χ1n) is 13.8. The zero-order valence-electron chi connectivity index (χ0n) is 24.1. The summed E-state index contributed by atoms with van der Waals surface area (Å²) in [6.45, 7) is 4.08. The minimum atomic E-state index is -0.509. The van der Waals surface area contributed by atoms with Gasteiger partial charge in [0, 0.05) is 42.5 Å². The van der Waals surface area contributed by atoms with Crippen molar-refractivity contribution in [3.05, 3.63) is 48.3 Å². The van der Waals surface area contributed by atoms with Crippen LogP contribution in [0.15, 0.2) is 42.7 Å². The second-order valence-electron chi connectivity index (χ2n) is 10.6. The molecule has 15 nitrogen and oxygen atoms in total. The van der Waals surface area contributed by atoms with Crippen molar-refractivity contribution in [3.8, 4) is 17.2 Å². The summed E-state index contributed by atoms with van der Waals surface area (Å²) >= 11 is 0. The Morgan fingerprint density at radius 2 is 1.86 bits per heavy atom. The molecule has 3 atom stereocenters. The molecular weight excluding hydrogens is 560 g/mol. The molecule has 5 rings (SSSR count). The van der Waals surface area contributed by atoms with Crippen LogP contribution in [0.4, 0.5) is 16.2 Å². The molecule has 228 valence electrons. The van der Waals surface area contributed by atoms with Crippen LogP contribution in [-0.4, -0.2) is 98.6 Å². The number of urea groups is 1. The molecule has 0 radical (unpaired) electrons. The van der Waals surface area contributed by atoms with Crippen LogP contribution in [0, 0.1) is 5.92 Å². The smallest absolute Gasteiger partial charge is 0.321 e. The zero-order valence-corrected chi connectivity index (χ0v) is 24.1.